The fourth-order valence-corrected chi connectivity index (χ4v) is 4.27. The largest absolute Gasteiger partial charge is 0.474 e. The highest BCUT2D eigenvalue weighted by atomic mass is 19.4. The van der Waals surface area contributed by atoms with Gasteiger partial charge in [-0.1, -0.05) is 0 Å². The average molecular weight is 482 g/mol. The number of imidazole rings is 1. The Morgan fingerprint density at radius 1 is 1.06 bits per heavy atom. The van der Waals surface area contributed by atoms with Crippen molar-refractivity contribution >= 4 is 16.8 Å². The minimum atomic E-state index is -4.42. The molecule has 5 rings (SSSR count). The molecule has 2 atom stereocenters. The highest BCUT2D eigenvalue weighted by molar-refractivity contribution is 5.82. The van der Waals surface area contributed by atoms with E-state index in [1.807, 2.05) is 6.07 Å². The number of hydrogen-bond acceptors (Lipinski definition) is 6. The minimum absolute atomic E-state index is 0.109. The van der Waals surface area contributed by atoms with E-state index < -0.39 is 18.3 Å². The molecule has 1 aromatic carbocycles. The Morgan fingerprint density at radius 2 is 1.86 bits per heavy atom. The summed E-state index contributed by atoms with van der Waals surface area (Å²) in [7, 11) is 0. The molecule has 0 radical (unpaired) electrons. The summed E-state index contributed by atoms with van der Waals surface area (Å²) in [5.74, 6) is 0.566. The van der Waals surface area contributed by atoms with Gasteiger partial charge < -0.3 is 14.8 Å². The number of alkyl halides is 3. The number of pyridine rings is 2. The molecular formula is C25H21F3N4O3. The monoisotopic (exact) mass is 482 g/mol. The molecule has 1 aliphatic carbocycles. The zero-order chi connectivity index (χ0) is 24.6. The van der Waals surface area contributed by atoms with Crippen molar-refractivity contribution in [2.24, 2.45) is 5.92 Å². The number of nitrogens with zero attached hydrogens (tertiary/aromatic N) is 3. The van der Waals surface area contributed by atoms with Gasteiger partial charge in [-0.3, -0.25) is 9.78 Å². The molecule has 1 fully saturated rings. The summed E-state index contributed by atoms with van der Waals surface area (Å²) < 4.78 is 44.8. The lowest BCUT2D eigenvalue weighted by Crippen LogP contribution is -2.18. The standard InChI is InChI=1S/C25H21F3N4O3/c26-25(27,28)17-4-7-20-21(10-17)32-24(31-20)16-2-6-19(29-12-16)15-3-8-23(30-11-15)35-18-5-1-14(9-18)22(34)13-33/h2-4,6-8,10-12,14,18,33H,1,5,9,13H2,(H,31,32)/t14-,18-/m1/s1. The second-order valence-electron chi connectivity index (χ2n) is 8.51. The fourth-order valence-electron chi connectivity index (χ4n) is 4.27. The van der Waals surface area contributed by atoms with Crippen LogP contribution in [0.5, 0.6) is 5.88 Å². The molecule has 2 N–H and O–H groups in total. The van der Waals surface area contributed by atoms with Crippen LogP contribution in [0.3, 0.4) is 0 Å². The summed E-state index contributed by atoms with van der Waals surface area (Å²) in [4.78, 5) is 27.7. The zero-order valence-corrected chi connectivity index (χ0v) is 18.4. The molecular weight excluding hydrogens is 461 g/mol. The van der Waals surface area contributed by atoms with Crippen LogP contribution < -0.4 is 4.74 Å². The van der Waals surface area contributed by atoms with Crippen LogP contribution in [0.15, 0.2) is 54.9 Å². The van der Waals surface area contributed by atoms with Crippen molar-refractivity contribution in [3.8, 4) is 28.5 Å². The normalized spacial score (nSPS) is 18.2. The number of ether oxygens (including phenoxy) is 1. The lowest BCUT2D eigenvalue weighted by Gasteiger charge is -2.13. The average Bonchev–Trinajstić information content (AvgIpc) is 3.50. The number of benzene rings is 1. The number of aliphatic hydroxyl groups excluding tert-OH is 1. The van der Waals surface area contributed by atoms with Gasteiger partial charge in [-0.25, -0.2) is 9.97 Å². The van der Waals surface area contributed by atoms with Gasteiger partial charge >= 0.3 is 6.18 Å². The second-order valence-corrected chi connectivity index (χ2v) is 8.51. The molecule has 0 saturated heterocycles. The Bertz CT molecular complexity index is 1350. The predicted molar refractivity (Wildman–Crippen MR) is 121 cm³/mol. The number of halogens is 3. The molecule has 1 saturated carbocycles. The van der Waals surface area contributed by atoms with E-state index >= 15 is 0 Å². The first-order chi connectivity index (χ1) is 16.8. The summed E-state index contributed by atoms with van der Waals surface area (Å²) in [5.41, 5.74) is 2.07. The van der Waals surface area contributed by atoms with E-state index in [1.54, 1.807) is 30.6 Å². The van der Waals surface area contributed by atoms with Crippen molar-refractivity contribution in [1.82, 2.24) is 19.9 Å². The van der Waals surface area contributed by atoms with Crippen LogP contribution in [0.25, 0.3) is 33.7 Å². The maximum Gasteiger partial charge on any atom is 0.416 e. The van der Waals surface area contributed by atoms with Crippen LogP contribution in [0.2, 0.25) is 0 Å². The van der Waals surface area contributed by atoms with Crippen LogP contribution >= 0.6 is 0 Å². The van der Waals surface area contributed by atoms with E-state index in [2.05, 4.69) is 19.9 Å². The van der Waals surface area contributed by atoms with Gasteiger partial charge in [-0.15, -0.1) is 0 Å². The van der Waals surface area contributed by atoms with Crippen molar-refractivity contribution in [3.63, 3.8) is 0 Å². The third kappa shape index (κ3) is 4.88. The van der Waals surface area contributed by atoms with Crippen LogP contribution in [0.4, 0.5) is 13.2 Å². The Labute approximate surface area is 198 Å². The number of aromatic nitrogens is 4. The molecule has 4 aromatic rings. The molecule has 35 heavy (non-hydrogen) atoms. The SMILES string of the molecule is O=C(CO)[C@@H]1CC[C@@H](Oc2ccc(-c3ccc(-c4nc5ccc(C(F)(F)F)cc5[nH]4)cn3)cn2)C1. The highest BCUT2D eigenvalue weighted by Crippen LogP contribution is 2.32. The Morgan fingerprint density at radius 3 is 2.54 bits per heavy atom. The van der Waals surface area contributed by atoms with Crippen molar-refractivity contribution in [2.45, 2.75) is 31.5 Å². The van der Waals surface area contributed by atoms with E-state index in [0.717, 1.165) is 24.1 Å². The summed E-state index contributed by atoms with van der Waals surface area (Å²) in [5, 5.41) is 9.01. The molecule has 0 bridgehead atoms. The van der Waals surface area contributed by atoms with E-state index in [4.69, 9.17) is 9.84 Å². The highest BCUT2D eigenvalue weighted by Gasteiger charge is 2.31. The van der Waals surface area contributed by atoms with Crippen molar-refractivity contribution in [1.29, 1.82) is 0 Å². The maximum atomic E-state index is 13.0. The number of aliphatic hydroxyl groups is 1. The number of carbonyl (C=O) groups is 1. The third-order valence-electron chi connectivity index (χ3n) is 6.16. The lowest BCUT2D eigenvalue weighted by atomic mass is 10.0. The van der Waals surface area contributed by atoms with E-state index in [9.17, 15) is 18.0 Å². The summed E-state index contributed by atoms with van der Waals surface area (Å²) in [6.07, 6.45) is 0.722. The molecule has 0 amide bonds. The van der Waals surface area contributed by atoms with Gasteiger partial charge in [0.25, 0.3) is 0 Å². The van der Waals surface area contributed by atoms with E-state index in [1.165, 1.54) is 6.07 Å². The number of carbonyl (C=O) groups excluding carboxylic acids is 1. The molecule has 1 aliphatic rings. The molecule has 10 heteroatoms. The van der Waals surface area contributed by atoms with Crippen LogP contribution in [-0.2, 0) is 11.0 Å². The quantitative estimate of drug-likeness (QED) is 0.409. The van der Waals surface area contributed by atoms with Crippen molar-refractivity contribution in [3.05, 3.63) is 60.4 Å². The summed E-state index contributed by atoms with van der Waals surface area (Å²) in [6, 6.07) is 10.5. The Kier molecular flexibility index (Phi) is 5.98. The zero-order valence-electron chi connectivity index (χ0n) is 18.4. The third-order valence-corrected chi connectivity index (χ3v) is 6.16. The van der Waals surface area contributed by atoms with Crippen molar-refractivity contribution in [2.75, 3.05) is 6.61 Å². The number of rotatable bonds is 6. The Hall–Kier alpha value is -3.79. The number of H-pyrrole nitrogens is 1. The van der Waals surface area contributed by atoms with E-state index in [0.29, 0.717) is 46.8 Å². The number of nitrogens with one attached hydrogen (secondary N) is 1. The molecule has 0 aliphatic heterocycles. The molecule has 7 nitrogen and oxygen atoms in total. The summed E-state index contributed by atoms with van der Waals surface area (Å²) in [6.45, 7) is -0.439. The van der Waals surface area contributed by atoms with Crippen LogP contribution in [0.1, 0.15) is 24.8 Å². The number of ketones is 1. The molecule has 180 valence electrons. The fraction of sp³-hybridized carbons (Fsp3) is 0.280. The first-order valence-electron chi connectivity index (χ1n) is 11.1. The predicted octanol–water partition coefficient (Wildman–Crippen LogP) is 4.81. The Balaban J connectivity index is 1.27. The van der Waals surface area contributed by atoms with Gasteiger partial charge in [0.05, 0.1) is 22.3 Å². The number of aromatic amines is 1. The van der Waals surface area contributed by atoms with Crippen molar-refractivity contribution < 1.29 is 27.8 Å². The first kappa shape index (κ1) is 23.0. The van der Waals surface area contributed by atoms with Gasteiger partial charge in [-0.2, -0.15) is 13.2 Å². The lowest BCUT2D eigenvalue weighted by molar-refractivity contribution is -0.137. The number of Topliss-reactive ketones (excluding diaryl/α,β-unsaturated/α-hetero) is 1. The van der Waals surface area contributed by atoms with E-state index in [-0.39, 0.29) is 17.8 Å². The van der Waals surface area contributed by atoms with Gasteiger partial charge in [0, 0.05) is 35.5 Å². The van der Waals surface area contributed by atoms with Gasteiger partial charge in [0.2, 0.25) is 5.88 Å². The minimum Gasteiger partial charge on any atom is -0.474 e. The van der Waals surface area contributed by atoms with Crippen LogP contribution in [-0.4, -0.2) is 43.5 Å². The number of fused-ring (bicyclic) bond motifs is 1. The summed E-state index contributed by atoms with van der Waals surface area (Å²) >= 11 is 0. The number of hydrogen-bond donors (Lipinski definition) is 2. The molecule has 3 heterocycles. The van der Waals surface area contributed by atoms with Gasteiger partial charge in [0.1, 0.15) is 18.5 Å². The van der Waals surface area contributed by atoms with Gasteiger partial charge in [0.15, 0.2) is 5.78 Å². The second kappa shape index (κ2) is 9.10. The molecule has 0 spiro atoms. The maximum absolute atomic E-state index is 13.0. The first-order valence-corrected chi connectivity index (χ1v) is 11.1. The topological polar surface area (TPSA) is 101 Å². The smallest absolute Gasteiger partial charge is 0.416 e. The van der Waals surface area contributed by atoms with Crippen LogP contribution in [0, 0.1) is 5.92 Å². The molecule has 0 unspecified atom stereocenters. The van der Waals surface area contributed by atoms with Gasteiger partial charge in [-0.05, 0) is 55.7 Å². The molecule has 3 aromatic heterocycles.